The predicted octanol–water partition coefficient (Wildman–Crippen LogP) is 3.99. The van der Waals surface area contributed by atoms with E-state index in [4.69, 9.17) is 16.3 Å². The van der Waals surface area contributed by atoms with Crippen molar-refractivity contribution in [3.63, 3.8) is 0 Å². The average molecular weight is 461 g/mol. The molecule has 5 nitrogen and oxygen atoms in total. The highest BCUT2D eigenvalue weighted by Gasteiger charge is 2.33. The quantitative estimate of drug-likeness (QED) is 0.501. The lowest BCUT2D eigenvalue weighted by molar-refractivity contribution is -0.145. The minimum Gasteiger partial charge on any atom is -0.465 e. The van der Waals surface area contributed by atoms with Crippen molar-refractivity contribution in [2.75, 3.05) is 6.61 Å². The van der Waals surface area contributed by atoms with Crippen LogP contribution in [0.1, 0.15) is 22.9 Å². The van der Waals surface area contributed by atoms with Crippen molar-refractivity contribution in [3.8, 4) is 0 Å². The summed E-state index contributed by atoms with van der Waals surface area (Å²) < 4.78 is 32.9. The topological polar surface area (TPSA) is 72.5 Å². The molecule has 0 unspecified atom stereocenters. The van der Waals surface area contributed by atoms with Gasteiger partial charge in [0.25, 0.3) is 0 Å². The minimum atomic E-state index is -3.91. The number of esters is 1. The molecule has 2 atom stereocenters. The molecular formula is C18H19BrClNO4S. The van der Waals surface area contributed by atoms with E-state index in [1.165, 1.54) is 12.1 Å². The molecule has 0 amide bonds. The van der Waals surface area contributed by atoms with E-state index >= 15 is 0 Å². The second-order valence-corrected chi connectivity index (χ2v) is 8.75. The molecule has 0 saturated carbocycles. The van der Waals surface area contributed by atoms with Crippen LogP contribution in [0.4, 0.5) is 0 Å². The monoisotopic (exact) mass is 459 g/mol. The molecule has 0 radical (unpaired) electrons. The zero-order chi connectivity index (χ0) is 19.3. The molecule has 1 N–H and O–H groups in total. The normalized spacial score (nSPS) is 13.8. The molecule has 0 bridgehead atoms. The first-order valence-corrected chi connectivity index (χ1v) is 10.7. The van der Waals surface area contributed by atoms with E-state index in [9.17, 15) is 13.2 Å². The van der Waals surface area contributed by atoms with E-state index in [0.717, 1.165) is 5.56 Å². The Kier molecular flexibility index (Phi) is 7.23. The fourth-order valence-corrected chi connectivity index (χ4v) is 4.40. The first kappa shape index (κ1) is 20.9. The summed E-state index contributed by atoms with van der Waals surface area (Å²) in [6.45, 7) is 3.66. The Morgan fingerprint density at radius 2 is 1.73 bits per heavy atom. The van der Waals surface area contributed by atoms with Gasteiger partial charge >= 0.3 is 5.97 Å². The van der Waals surface area contributed by atoms with Gasteiger partial charge in [-0.1, -0.05) is 57.4 Å². The van der Waals surface area contributed by atoms with Crippen LogP contribution < -0.4 is 4.72 Å². The maximum absolute atomic E-state index is 12.7. The van der Waals surface area contributed by atoms with Crippen LogP contribution in [0, 0.1) is 6.92 Å². The van der Waals surface area contributed by atoms with E-state index in [-0.39, 0.29) is 11.5 Å². The van der Waals surface area contributed by atoms with Crippen LogP contribution in [0.3, 0.4) is 0 Å². The number of nitrogens with one attached hydrogen (secondary N) is 1. The number of hydrogen-bond donors (Lipinski definition) is 1. The zero-order valence-corrected chi connectivity index (χ0v) is 17.4. The van der Waals surface area contributed by atoms with Crippen LogP contribution >= 0.6 is 27.5 Å². The molecule has 0 spiro atoms. The third kappa shape index (κ3) is 5.30. The molecule has 0 fully saturated rings. The highest BCUT2D eigenvalue weighted by Crippen LogP contribution is 2.29. The van der Waals surface area contributed by atoms with Gasteiger partial charge in [0.2, 0.25) is 10.0 Å². The van der Waals surface area contributed by atoms with E-state index in [0.29, 0.717) is 10.6 Å². The average Bonchev–Trinajstić information content (AvgIpc) is 2.60. The van der Waals surface area contributed by atoms with E-state index < -0.39 is 26.9 Å². The number of alkyl halides is 1. The first-order chi connectivity index (χ1) is 12.2. The maximum atomic E-state index is 12.7. The predicted molar refractivity (Wildman–Crippen MR) is 105 cm³/mol. The lowest BCUT2D eigenvalue weighted by Crippen LogP contribution is -2.44. The highest BCUT2D eigenvalue weighted by atomic mass is 79.9. The number of sulfonamides is 1. The summed E-state index contributed by atoms with van der Waals surface area (Å²) in [6.07, 6.45) is 0. The van der Waals surface area contributed by atoms with Gasteiger partial charge in [0.05, 0.1) is 16.3 Å². The lowest BCUT2D eigenvalue weighted by Gasteiger charge is -2.22. The lowest BCUT2D eigenvalue weighted by atomic mass is 10.1. The number of ether oxygens (including phenoxy) is 1. The van der Waals surface area contributed by atoms with Crippen LogP contribution in [0.2, 0.25) is 5.02 Å². The van der Waals surface area contributed by atoms with Crippen LogP contribution in [-0.2, 0) is 19.6 Å². The first-order valence-electron chi connectivity index (χ1n) is 7.89. The van der Waals surface area contributed by atoms with Crippen molar-refractivity contribution in [1.29, 1.82) is 0 Å². The number of carbonyl (C=O) groups is 1. The second-order valence-electron chi connectivity index (χ2n) is 5.62. The molecule has 0 saturated heterocycles. The summed E-state index contributed by atoms with van der Waals surface area (Å²) in [7, 11) is -3.91. The van der Waals surface area contributed by atoms with Crippen molar-refractivity contribution in [2.24, 2.45) is 0 Å². The number of carbonyl (C=O) groups excluding carboxylic acids is 1. The summed E-state index contributed by atoms with van der Waals surface area (Å²) in [5.74, 6) is -0.667. The summed E-state index contributed by atoms with van der Waals surface area (Å²) >= 11 is 9.30. The van der Waals surface area contributed by atoms with Crippen molar-refractivity contribution in [2.45, 2.75) is 29.6 Å². The molecule has 0 aliphatic carbocycles. The van der Waals surface area contributed by atoms with Crippen molar-refractivity contribution in [3.05, 3.63) is 64.7 Å². The number of halogens is 2. The fourth-order valence-electron chi connectivity index (χ4n) is 2.25. The second kappa shape index (κ2) is 8.99. The molecule has 140 valence electrons. The summed E-state index contributed by atoms with van der Waals surface area (Å²) in [5, 5.41) is 0.543. The number of benzene rings is 2. The summed E-state index contributed by atoms with van der Waals surface area (Å²) in [6, 6.07) is 12.0. The Morgan fingerprint density at radius 1 is 1.15 bits per heavy atom. The molecule has 2 aromatic rings. The smallest absolute Gasteiger partial charge is 0.325 e. The van der Waals surface area contributed by atoms with Crippen molar-refractivity contribution < 1.29 is 17.9 Å². The van der Waals surface area contributed by atoms with Crippen LogP contribution in [0.15, 0.2) is 53.4 Å². The van der Waals surface area contributed by atoms with Crippen LogP contribution in [-0.4, -0.2) is 27.0 Å². The Labute approximate surface area is 166 Å². The minimum absolute atomic E-state index is 0.0770. The molecule has 8 heteroatoms. The van der Waals surface area contributed by atoms with E-state index in [1.54, 1.807) is 43.3 Å². The standard InChI is InChI=1S/C18H19BrClNO4S/c1-3-25-18(22)17(16(19)13-6-8-14(20)9-7-13)21-26(23,24)15-10-4-12(2)5-11-15/h4-11,16-17,21H,3H2,1-2H3/t16-,17-/m0/s1. The van der Waals surface area contributed by atoms with Gasteiger partial charge in [0.1, 0.15) is 6.04 Å². The number of aryl methyl sites for hydroxylation is 1. The van der Waals surface area contributed by atoms with Gasteiger partial charge in [-0.05, 0) is 43.7 Å². The Bertz CT molecular complexity index is 854. The SMILES string of the molecule is CCOC(=O)[C@@H](NS(=O)(=O)c1ccc(C)cc1)[C@@H](Br)c1ccc(Cl)cc1. The van der Waals surface area contributed by atoms with Gasteiger partial charge in [-0.3, -0.25) is 4.79 Å². The summed E-state index contributed by atoms with van der Waals surface area (Å²) in [4.78, 5) is 11.8. The molecular weight excluding hydrogens is 442 g/mol. The van der Waals surface area contributed by atoms with Crippen molar-refractivity contribution >= 4 is 43.5 Å². The van der Waals surface area contributed by atoms with Crippen LogP contribution in [0.5, 0.6) is 0 Å². The van der Waals surface area contributed by atoms with Gasteiger partial charge in [0, 0.05) is 5.02 Å². The third-order valence-electron chi connectivity index (χ3n) is 3.64. The maximum Gasteiger partial charge on any atom is 0.325 e. The number of rotatable bonds is 7. The Hall–Kier alpha value is -1.41. The molecule has 0 aromatic heterocycles. The molecule has 2 rings (SSSR count). The molecule has 2 aromatic carbocycles. The molecule has 26 heavy (non-hydrogen) atoms. The summed E-state index contributed by atoms with van der Waals surface area (Å²) in [5.41, 5.74) is 1.63. The van der Waals surface area contributed by atoms with Gasteiger partial charge in [-0.15, -0.1) is 0 Å². The van der Waals surface area contributed by atoms with Crippen LogP contribution in [0.25, 0.3) is 0 Å². The van der Waals surface area contributed by atoms with Gasteiger partial charge < -0.3 is 4.74 Å². The largest absolute Gasteiger partial charge is 0.465 e. The van der Waals surface area contributed by atoms with Gasteiger partial charge in [0.15, 0.2) is 0 Å². The van der Waals surface area contributed by atoms with Gasteiger partial charge in [-0.25, -0.2) is 8.42 Å². The van der Waals surface area contributed by atoms with Crippen molar-refractivity contribution in [1.82, 2.24) is 4.72 Å². The van der Waals surface area contributed by atoms with Gasteiger partial charge in [-0.2, -0.15) is 4.72 Å². The Balaban J connectivity index is 2.33. The van der Waals surface area contributed by atoms with E-state index in [2.05, 4.69) is 20.7 Å². The highest BCUT2D eigenvalue weighted by molar-refractivity contribution is 9.09. The molecule has 0 aliphatic heterocycles. The molecule has 0 aliphatic rings. The van der Waals surface area contributed by atoms with E-state index in [1.807, 2.05) is 6.92 Å². The number of hydrogen-bond acceptors (Lipinski definition) is 4. The molecule has 0 heterocycles. The third-order valence-corrected chi connectivity index (χ3v) is 6.40. The zero-order valence-electron chi connectivity index (χ0n) is 14.3. The fraction of sp³-hybridized carbons (Fsp3) is 0.278. The Morgan fingerprint density at radius 3 is 2.27 bits per heavy atom.